The first kappa shape index (κ1) is 11.3. The number of aliphatic hydroxyl groups excluding tert-OH is 1. The first-order chi connectivity index (χ1) is 6.74. The highest BCUT2D eigenvalue weighted by molar-refractivity contribution is 5.64. The summed E-state index contributed by atoms with van der Waals surface area (Å²) in [4.78, 5) is 12.2. The second kappa shape index (κ2) is 5.82. The molecular formula is C9H18N2O3. The van der Waals surface area contributed by atoms with Crippen LogP contribution in [-0.2, 0) is 0 Å². The van der Waals surface area contributed by atoms with Gasteiger partial charge in [0.15, 0.2) is 0 Å². The largest absolute Gasteiger partial charge is 0.465 e. The fraction of sp³-hybridized carbons (Fsp3) is 0.889. The predicted octanol–water partition coefficient (Wildman–Crippen LogP) is -0.0417. The van der Waals surface area contributed by atoms with E-state index in [9.17, 15) is 4.79 Å². The third kappa shape index (κ3) is 3.51. The highest BCUT2D eigenvalue weighted by Crippen LogP contribution is 2.10. The van der Waals surface area contributed by atoms with Gasteiger partial charge in [0.1, 0.15) is 0 Å². The lowest BCUT2D eigenvalue weighted by Gasteiger charge is -2.21. The van der Waals surface area contributed by atoms with Gasteiger partial charge in [-0.2, -0.15) is 0 Å². The van der Waals surface area contributed by atoms with Crippen LogP contribution in [-0.4, -0.2) is 54.0 Å². The molecule has 1 heterocycles. The number of hydrogen-bond acceptors (Lipinski definition) is 3. The molecule has 1 aliphatic heterocycles. The Hall–Kier alpha value is -0.810. The Morgan fingerprint density at radius 2 is 2.36 bits per heavy atom. The number of nitrogens with one attached hydrogen (secondary N) is 1. The number of hydrogen-bond donors (Lipinski definition) is 3. The van der Waals surface area contributed by atoms with E-state index in [0.717, 1.165) is 19.5 Å². The van der Waals surface area contributed by atoms with Gasteiger partial charge >= 0.3 is 6.09 Å². The van der Waals surface area contributed by atoms with Crippen LogP contribution in [0.5, 0.6) is 0 Å². The lowest BCUT2D eigenvalue weighted by Crippen LogP contribution is -2.36. The van der Waals surface area contributed by atoms with Gasteiger partial charge in [-0.1, -0.05) is 0 Å². The minimum Gasteiger partial charge on any atom is -0.465 e. The van der Waals surface area contributed by atoms with Crippen LogP contribution in [0.15, 0.2) is 0 Å². The van der Waals surface area contributed by atoms with E-state index < -0.39 is 6.09 Å². The minimum absolute atomic E-state index is 0.0483. The Balaban J connectivity index is 2.30. The zero-order chi connectivity index (χ0) is 10.4. The molecule has 1 rings (SSSR count). The monoisotopic (exact) mass is 202 g/mol. The van der Waals surface area contributed by atoms with Crippen molar-refractivity contribution in [1.82, 2.24) is 10.2 Å². The molecule has 3 N–H and O–H groups in total. The Labute approximate surface area is 83.7 Å². The topological polar surface area (TPSA) is 72.8 Å². The molecule has 0 spiro atoms. The molecule has 0 aromatic heterocycles. The lowest BCUT2D eigenvalue weighted by molar-refractivity contribution is 0.133. The van der Waals surface area contributed by atoms with Crippen LogP contribution in [0.3, 0.4) is 0 Å². The molecule has 1 unspecified atom stereocenters. The molecule has 5 nitrogen and oxygen atoms in total. The fourth-order valence-corrected chi connectivity index (χ4v) is 1.71. The molecule has 14 heavy (non-hydrogen) atoms. The van der Waals surface area contributed by atoms with E-state index in [2.05, 4.69) is 5.32 Å². The number of carbonyl (C=O) groups is 1. The van der Waals surface area contributed by atoms with Crippen molar-refractivity contribution in [3.8, 4) is 0 Å². The molecule has 1 fully saturated rings. The maximum Gasteiger partial charge on any atom is 0.407 e. The van der Waals surface area contributed by atoms with Crippen LogP contribution < -0.4 is 5.32 Å². The van der Waals surface area contributed by atoms with E-state index in [0.29, 0.717) is 25.4 Å². The van der Waals surface area contributed by atoms with Gasteiger partial charge in [-0.25, -0.2) is 4.79 Å². The lowest BCUT2D eigenvalue weighted by atomic mass is 10.1. The van der Waals surface area contributed by atoms with Crippen molar-refractivity contribution in [2.75, 3.05) is 32.8 Å². The summed E-state index contributed by atoms with van der Waals surface area (Å²) < 4.78 is 0. The van der Waals surface area contributed by atoms with Gasteiger partial charge in [-0.15, -0.1) is 0 Å². The van der Waals surface area contributed by atoms with E-state index in [1.165, 1.54) is 4.90 Å². The summed E-state index contributed by atoms with van der Waals surface area (Å²) in [7, 11) is 0. The SMILES string of the molecule is O=C(O)N(CCCO)CC1CCNC1. The summed E-state index contributed by atoms with van der Waals surface area (Å²) in [5, 5.41) is 20.7. The first-order valence-electron chi connectivity index (χ1n) is 5.03. The molecule has 1 amide bonds. The van der Waals surface area contributed by atoms with E-state index in [1.807, 2.05) is 0 Å². The summed E-state index contributed by atoms with van der Waals surface area (Å²) in [6.07, 6.45) is 0.681. The van der Waals surface area contributed by atoms with Gasteiger partial charge in [-0.05, 0) is 31.8 Å². The van der Waals surface area contributed by atoms with Gasteiger partial charge in [0.25, 0.3) is 0 Å². The smallest absolute Gasteiger partial charge is 0.407 e. The van der Waals surface area contributed by atoms with Crippen molar-refractivity contribution in [1.29, 1.82) is 0 Å². The van der Waals surface area contributed by atoms with Crippen LogP contribution >= 0.6 is 0 Å². The maximum atomic E-state index is 10.8. The molecule has 1 aliphatic rings. The van der Waals surface area contributed by atoms with E-state index in [-0.39, 0.29) is 6.61 Å². The Kier molecular flexibility index (Phi) is 4.69. The van der Waals surface area contributed by atoms with Crippen molar-refractivity contribution in [3.05, 3.63) is 0 Å². The summed E-state index contributed by atoms with van der Waals surface area (Å²) in [5.41, 5.74) is 0. The van der Waals surface area contributed by atoms with Gasteiger partial charge in [0.05, 0.1) is 0 Å². The van der Waals surface area contributed by atoms with E-state index >= 15 is 0 Å². The third-order valence-corrected chi connectivity index (χ3v) is 2.50. The molecular weight excluding hydrogens is 184 g/mol. The molecule has 82 valence electrons. The zero-order valence-corrected chi connectivity index (χ0v) is 8.28. The molecule has 0 aromatic carbocycles. The number of rotatable bonds is 5. The minimum atomic E-state index is -0.884. The molecule has 0 saturated carbocycles. The van der Waals surface area contributed by atoms with Crippen LogP contribution in [0, 0.1) is 5.92 Å². The normalized spacial score (nSPS) is 21.1. The van der Waals surface area contributed by atoms with Crippen molar-refractivity contribution >= 4 is 6.09 Å². The van der Waals surface area contributed by atoms with Crippen LogP contribution in [0.2, 0.25) is 0 Å². The van der Waals surface area contributed by atoms with Crippen molar-refractivity contribution in [2.45, 2.75) is 12.8 Å². The van der Waals surface area contributed by atoms with Gasteiger partial charge < -0.3 is 20.4 Å². The second-order valence-electron chi connectivity index (χ2n) is 3.66. The molecule has 0 bridgehead atoms. The number of aliphatic hydroxyl groups is 1. The molecule has 0 aliphatic carbocycles. The van der Waals surface area contributed by atoms with Gasteiger partial charge in [0.2, 0.25) is 0 Å². The van der Waals surface area contributed by atoms with Crippen molar-refractivity contribution < 1.29 is 15.0 Å². The van der Waals surface area contributed by atoms with E-state index in [4.69, 9.17) is 10.2 Å². The average Bonchev–Trinajstić information content (AvgIpc) is 2.64. The van der Waals surface area contributed by atoms with Gasteiger partial charge in [0, 0.05) is 19.7 Å². The zero-order valence-electron chi connectivity index (χ0n) is 8.28. The Morgan fingerprint density at radius 1 is 1.57 bits per heavy atom. The first-order valence-corrected chi connectivity index (χ1v) is 5.03. The highest BCUT2D eigenvalue weighted by atomic mass is 16.4. The molecule has 0 aromatic rings. The van der Waals surface area contributed by atoms with Crippen LogP contribution in [0.1, 0.15) is 12.8 Å². The summed E-state index contributed by atoms with van der Waals surface area (Å²) >= 11 is 0. The highest BCUT2D eigenvalue weighted by Gasteiger charge is 2.20. The fourth-order valence-electron chi connectivity index (χ4n) is 1.71. The molecule has 0 radical (unpaired) electrons. The maximum absolute atomic E-state index is 10.8. The number of nitrogens with zero attached hydrogens (tertiary/aromatic N) is 1. The number of carboxylic acid groups (broad SMARTS) is 1. The second-order valence-corrected chi connectivity index (χ2v) is 3.66. The Bertz CT molecular complexity index is 181. The summed E-state index contributed by atoms with van der Waals surface area (Å²) in [6.45, 7) is 2.96. The quantitative estimate of drug-likeness (QED) is 0.585. The molecule has 1 atom stereocenters. The van der Waals surface area contributed by atoms with Crippen LogP contribution in [0.25, 0.3) is 0 Å². The van der Waals surface area contributed by atoms with E-state index in [1.54, 1.807) is 0 Å². The standard InChI is InChI=1S/C9H18N2O3/c12-5-1-4-11(9(13)14)7-8-2-3-10-6-8/h8,10,12H,1-7H2,(H,13,14). The Morgan fingerprint density at radius 3 is 2.86 bits per heavy atom. The predicted molar refractivity (Wildman–Crippen MR) is 52.3 cm³/mol. The van der Waals surface area contributed by atoms with Gasteiger partial charge in [-0.3, -0.25) is 0 Å². The van der Waals surface area contributed by atoms with Crippen molar-refractivity contribution in [3.63, 3.8) is 0 Å². The third-order valence-electron chi connectivity index (χ3n) is 2.50. The number of amides is 1. The molecule has 5 heteroatoms. The van der Waals surface area contributed by atoms with Crippen LogP contribution in [0.4, 0.5) is 4.79 Å². The summed E-state index contributed by atoms with van der Waals surface area (Å²) in [5.74, 6) is 0.435. The molecule has 1 saturated heterocycles. The van der Waals surface area contributed by atoms with Crippen molar-refractivity contribution in [2.24, 2.45) is 5.92 Å². The average molecular weight is 202 g/mol. The summed E-state index contributed by atoms with van der Waals surface area (Å²) in [6, 6.07) is 0.